The van der Waals surface area contributed by atoms with Gasteiger partial charge in [-0.1, -0.05) is 20.8 Å². The maximum atomic E-state index is 11.2. The van der Waals surface area contributed by atoms with Crippen molar-refractivity contribution in [1.29, 1.82) is 0 Å². The summed E-state index contributed by atoms with van der Waals surface area (Å²) >= 11 is 0. The molecule has 2 heteroatoms. The van der Waals surface area contributed by atoms with E-state index < -0.39 is 0 Å². The molecule has 0 saturated heterocycles. The van der Waals surface area contributed by atoms with Crippen LogP contribution in [0.4, 0.5) is 0 Å². The van der Waals surface area contributed by atoms with E-state index in [1.807, 2.05) is 13.8 Å². The molecule has 1 rings (SSSR count). The maximum Gasteiger partial charge on any atom is 0.150 e. The van der Waals surface area contributed by atoms with Gasteiger partial charge < -0.3 is 0 Å². The Bertz CT molecular complexity index is 465. The SMILES string of the molecule is Cc1cc(C=O)c(C)c(CCC(C)(C)C)c1C=O. The zero-order chi connectivity index (χ0) is 13.9. The fourth-order valence-electron chi connectivity index (χ4n) is 2.14. The minimum atomic E-state index is 0.220. The molecule has 1 aromatic rings. The third-order valence-corrected chi connectivity index (χ3v) is 3.38. The molecule has 18 heavy (non-hydrogen) atoms. The van der Waals surface area contributed by atoms with Crippen LogP contribution in [-0.4, -0.2) is 12.6 Å². The molecule has 0 aromatic heterocycles. The molecule has 0 radical (unpaired) electrons. The van der Waals surface area contributed by atoms with Crippen LogP contribution in [0.3, 0.4) is 0 Å². The second-order valence-electron chi connectivity index (χ2n) is 6.10. The third kappa shape index (κ3) is 3.28. The maximum absolute atomic E-state index is 11.2. The number of hydrogen-bond acceptors (Lipinski definition) is 2. The van der Waals surface area contributed by atoms with Gasteiger partial charge in [-0.3, -0.25) is 9.59 Å². The van der Waals surface area contributed by atoms with Crippen LogP contribution in [0.25, 0.3) is 0 Å². The second-order valence-corrected chi connectivity index (χ2v) is 6.10. The van der Waals surface area contributed by atoms with Crippen LogP contribution < -0.4 is 0 Å². The minimum Gasteiger partial charge on any atom is -0.298 e. The van der Waals surface area contributed by atoms with Crippen molar-refractivity contribution >= 4 is 12.6 Å². The zero-order valence-corrected chi connectivity index (χ0v) is 12.0. The van der Waals surface area contributed by atoms with E-state index >= 15 is 0 Å². The first-order valence-corrected chi connectivity index (χ1v) is 6.33. The first-order valence-electron chi connectivity index (χ1n) is 6.33. The largest absolute Gasteiger partial charge is 0.298 e. The molecule has 0 unspecified atom stereocenters. The van der Waals surface area contributed by atoms with Gasteiger partial charge in [-0.25, -0.2) is 0 Å². The molecule has 0 heterocycles. The number of rotatable bonds is 4. The van der Waals surface area contributed by atoms with Gasteiger partial charge in [-0.2, -0.15) is 0 Å². The molecule has 2 nitrogen and oxygen atoms in total. The summed E-state index contributed by atoms with van der Waals surface area (Å²) in [6, 6.07) is 1.80. The zero-order valence-electron chi connectivity index (χ0n) is 12.0. The van der Waals surface area contributed by atoms with E-state index in [9.17, 15) is 9.59 Å². The standard InChI is InChI=1S/C16H22O2/c1-11-8-13(9-17)12(2)14(15(11)10-18)6-7-16(3,4)5/h8-10H,6-7H2,1-5H3. The van der Waals surface area contributed by atoms with E-state index in [1.165, 1.54) is 0 Å². The van der Waals surface area contributed by atoms with Crippen LogP contribution in [0.15, 0.2) is 6.07 Å². The Hall–Kier alpha value is -1.44. The Morgan fingerprint density at radius 2 is 1.72 bits per heavy atom. The first kappa shape index (κ1) is 14.6. The molecule has 0 aliphatic carbocycles. The van der Waals surface area contributed by atoms with Gasteiger partial charge in [-0.15, -0.1) is 0 Å². The Morgan fingerprint density at radius 3 is 2.17 bits per heavy atom. The molecular formula is C16H22O2. The molecule has 0 atom stereocenters. The fourth-order valence-corrected chi connectivity index (χ4v) is 2.14. The average Bonchev–Trinajstić information content (AvgIpc) is 2.28. The summed E-state index contributed by atoms with van der Waals surface area (Å²) in [6.07, 6.45) is 3.62. The van der Waals surface area contributed by atoms with Crippen molar-refractivity contribution in [2.24, 2.45) is 5.41 Å². The molecule has 0 amide bonds. The van der Waals surface area contributed by atoms with Gasteiger partial charge in [0.15, 0.2) is 6.29 Å². The van der Waals surface area contributed by atoms with Crippen LogP contribution in [0.1, 0.15) is 64.6 Å². The molecular weight excluding hydrogens is 224 g/mol. The van der Waals surface area contributed by atoms with Gasteiger partial charge >= 0.3 is 0 Å². The molecule has 0 N–H and O–H groups in total. The van der Waals surface area contributed by atoms with Gasteiger partial charge in [0.25, 0.3) is 0 Å². The number of carbonyl (C=O) groups is 2. The smallest absolute Gasteiger partial charge is 0.150 e. The highest BCUT2D eigenvalue weighted by Crippen LogP contribution is 2.27. The van der Waals surface area contributed by atoms with E-state index in [2.05, 4.69) is 20.8 Å². The summed E-state index contributed by atoms with van der Waals surface area (Å²) in [4.78, 5) is 22.3. The van der Waals surface area contributed by atoms with Gasteiger partial charge in [0.1, 0.15) is 6.29 Å². The van der Waals surface area contributed by atoms with Crippen molar-refractivity contribution in [2.45, 2.75) is 47.5 Å². The Kier molecular flexibility index (Phi) is 4.44. The van der Waals surface area contributed by atoms with Crippen LogP contribution in [0.5, 0.6) is 0 Å². The van der Waals surface area contributed by atoms with Gasteiger partial charge in [0.05, 0.1) is 0 Å². The molecule has 1 aromatic carbocycles. The van der Waals surface area contributed by atoms with Crippen molar-refractivity contribution in [3.8, 4) is 0 Å². The predicted octanol–water partition coefficient (Wildman–Crippen LogP) is 3.91. The van der Waals surface area contributed by atoms with Crippen LogP contribution in [-0.2, 0) is 6.42 Å². The van der Waals surface area contributed by atoms with E-state index in [0.717, 1.165) is 47.7 Å². The summed E-state index contributed by atoms with van der Waals surface area (Å²) in [5.41, 5.74) is 4.53. The fraction of sp³-hybridized carbons (Fsp3) is 0.500. The molecule has 0 saturated carbocycles. The van der Waals surface area contributed by atoms with Crippen molar-refractivity contribution < 1.29 is 9.59 Å². The third-order valence-electron chi connectivity index (χ3n) is 3.38. The number of carbonyl (C=O) groups excluding carboxylic acids is 2. The number of hydrogen-bond donors (Lipinski definition) is 0. The molecule has 0 aliphatic heterocycles. The summed E-state index contributed by atoms with van der Waals surface area (Å²) in [6.45, 7) is 10.4. The van der Waals surface area contributed by atoms with Crippen LogP contribution >= 0.6 is 0 Å². The second kappa shape index (κ2) is 5.47. The highest BCUT2D eigenvalue weighted by Gasteiger charge is 2.16. The summed E-state index contributed by atoms with van der Waals surface area (Å²) in [5, 5.41) is 0. The van der Waals surface area contributed by atoms with Crippen LogP contribution in [0, 0.1) is 19.3 Å². The summed E-state index contributed by atoms with van der Waals surface area (Å²) in [5.74, 6) is 0. The van der Waals surface area contributed by atoms with Crippen molar-refractivity contribution in [3.05, 3.63) is 33.9 Å². The lowest BCUT2D eigenvalue weighted by atomic mass is 9.84. The predicted molar refractivity (Wildman–Crippen MR) is 74.5 cm³/mol. The van der Waals surface area contributed by atoms with Crippen LogP contribution in [0.2, 0.25) is 0 Å². The molecule has 0 fully saturated rings. The topological polar surface area (TPSA) is 34.1 Å². The molecule has 0 aliphatic rings. The van der Waals surface area contributed by atoms with Crippen molar-refractivity contribution in [1.82, 2.24) is 0 Å². The number of aryl methyl sites for hydroxylation is 1. The van der Waals surface area contributed by atoms with E-state index in [4.69, 9.17) is 0 Å². The quantitative estimate of drug-likeness (QED) is 0.755. The molecule has 0 bridgehead atoms. The van der Waals surface area contributed by atoms with Gasteiger partial charge in [0.2, 0.25) is 0 Å². The Morgan fingerprint density at radius 1 is 1.11 bits per heavy atom. The summed E-state index contributed by atoms with van der Waals surface area (Å²) in [7, 11) is 0. The lowest BCUT2D eigenvalue weighted by Crippen LogP contribution is -2.10. The monoisotopic (exact) mass is 246 g/mol. The van der Waals surface area contributed by atoms with E-state index in [-0.39, 0.29) is 5.41 Å². The van der Waals surface area contributed by atoms with Gasteiger partial charge in [0, 0.05) is 11.1 Å². The number of benzene rings is 1. The minimum absolute atomic E-state index is 0.220. The van der Waals surface area contributed by atoms with E-state index in [1.54, 1.807) is 6.07 Å². The lowest BCUT2D eigenvalue weighted by Gasteiger charge is -2.20. The van der Waals surface area contributed by atoms with Crippen molar-refractivity contribution in [2.75, 3.05) is 0 Å². The summed E-state index contributed by atoms with van der Waals surface area (Å²) < 4.78 is 0. The Labute approximate surface area is 109 Å². The van der Waals surface area contributed by atoms with Gasteiger partial charge in [-0.05, 0) is 54.9 Å². The number of aldehydes is 2. The molecule has 98 valence electrons. The highest BCUT2D eigenvalue weighted by atomic mass is 16.1. The molecule has 0 spiro atoms. The average molecular weight is 246 g/mol. The highest BCUT2D eigenvalue weighted by molar-refractivity contribution is 5.86. The Balaban J connectivity index is 3.26. The lowest BCUT2D eigenvalue weighted by molar-refractivity contribution is 0.111. The first-order chi connectivity index (χ1) is 8.30. The normalized spacial score (nSPS) is 11.4. The van der Waals surface area contributed by atoms with Crippen molar-refractivity contribution in [3.63, 3.8) is 0 Å². The van der Waals surface area contributed by atoms with E-state index in [0.29, 0.717) is 5.56 Å².